The predicted octanol–water partition coefficient (Wildman–Crippen LogP) is -0.189. The first kappa shape index (κ1) is 6.39. The second-order valence-electron chi connectivity index (χ2n) is 2.13. The van der Waals surface area contributed by atoms with Crippen LogP contribution in [0.1, 0.15) is 6.42 Å². The Morgan fingerprint density at radius 3 is 2.75 bits per heavy atom. The molecule has 0 aliphatic carbocycles. The van der Waals surface area contributed by atoms with Crippen LogP contribution in [0.25, 0.3) is 0 Å². The van der Waals surface area contributed by atoms with Gasteiger partial charge in [-0.1, -0.05) is 0 Å². The molecule has 0 radical (unpaired) electrons. The zero-order valence-corrected chi connectivity index (χ0v) is 5.53. The van der Waals surface area contributed by atoms with Gasteiger partial charge in [0.1, 0.15) is 0 Å². The van der Waals surface area contributed by atoms with Crippen LogP contribution >= 0.6 is 11.8 Å². The Morgan fingerprint density at radius 1 is 1.75 bits per heavy atom. The van der Waals surface area contributed by atoms with Crippen molar-refractivity contribution >= 4 is 11.8 Å². The van der Waals surface area contributed by atoms with E-state index >= 15 is 0 Å². The van der Waals surface area contributed by atoms with Crippen LogP contribution in [0.15, 0.2) is 0 Å². The molecule has 0 saturated carbocycles. The Morgan fingerprint density at radius 2 is 2.50 bits per heavy atom. The highest BCUT2D eigenvalue weighted by Gasteiger charge is 2.20. The van der Waals surface area contributed by atoms with Crippen molar-refractivity contribution in [3.05, 3.63) is 0 Å². The number of nitrogens with two attached hydrogens (primary N) is 1. The molecular weight excluding hydrogens is 122 g/mol. The molecule has 3 heteroatoms. The number of hydrogen-bond donors (Lipinski definition) is 2. The van der Waals surface area contributed by atoms with Crippen LogP contribution < -0.4 is 5.73 Å². The van der Waals surface area contributed by atoms with Gasteiger partial charge in [0.05, 0.1) is 6.61 Å². The first-order valence-corrected chi connectivity index (χ1v) is 3.86. The number of thioether (sulfide) groups is 1. The summed E-state index contributed by atoms with van der Waals surface area (Å²) in [6.45, 7) is 0.290. The van der Waals surface area contributed by atoms with Gasteiger partial charge in [-0.05, 0) is 6.42 Å². The maximum Gasteiger partial charge on any atom is 0.0550 e. The lowest BCUT2D eigenvalue weighted by Crippen LogP contribution is -2.19. The molecule has 1 aliphatic heterocycles. The van der Waals surface area contributed by atoms with Crippen molar-refractivity contribution in [1.29, 1.82) is 0 Å². The van der Waals surface area contributed by atoms with E-state index < -0.39 is 0 Å². The van der Waals surface area contributed by atoms with E-state index in [1.54, 1.807) is 11.8 Å². The first-order chi connectivity index (χ1) is 3.83. The van der Waals surface area contributed by atoms with Crippen LogP contribution in [0.2, 0.25) is 0 Å². The molecule has 0 aromatic heterocycles. The second kappa shape index (κ2) is 2.71. The fourth-order valence-corrected chi connectivity index (χ4v) is 2.00. The summed E-state index contributed by atoms with van der Waals surface area (Å²) in [5.74, 6) is 1.02. The molecule has 0 bridgehead atoms. The Bertz CT molecular complexity index is 78.8. The molecule has 2 nitrogen and oxygen atoms in total. The van der Waals surface area contributed by atoms with Gasteiger partial charge in [-0.15, -0.1) is 0 Å². The van der Waals surface area contributed by atoms with Gasteiger partial charge in [0.2, 0.25) is 0 Å². The normalized spacial score (nSPS) is 38.2. The van der Waals surface area contributed by atoms with Crippen molar-refractivity contribution in [2.24, 2.45) is 5.73 Å². The van der Waals surface area contributed by atoms with Gasteiger partial charge in [-0.2, -0.15) is 11.8 Å². The van der Waals surface area contributed by atoms with Gasteiger partial charge in [0.25, 0.3) is 0 Å². The van der Waals surface area contributed by atoms with Crippen molar-refractivity contribution in [3.8, 4) is 0 Å². The summed E-state index contributed by atoms with van der Waals surface area (Å²) in [7, 11) is 0. The van der Waals surface area contributed by atoms with Crippen molar-refractivity contribution in [1.82, 2.24) is 0 Å². The molecule has 48 valence electrons. The summed E-state index contributed by atoms with van der Waals surface area (Å²) in [6, 6.07) is 0.331. The third kappa shape index (κ3) is 1.37. The summed E-state index contributed by atoms with van der Waals surface area (Å²) in [6.07, 6.45) is 0.987. The Hall–Kier alpha value is 0.270. The van der Waals surface area contributed by atoms with Crippen LogP contribution in [0.3, 0.4) is 0 Å². The van der Waals surface area contributed by atoms with E-state index in [0.29, 0.717) is 17.9 Å². The standard InChI is InChI=1S/C5H11NOS/c6-4-1-5(2-7)8-3-4/h4-5,7H,1-3,6H2. The third-order valence-electron chi connectivity index (χ3n) is 1.32. The lowest BCUT2D eigenvalue weighted by Gasteiger charge is -2.00. The Kier molecular flexibility index (Phi) is 2.16. The highest BCUT2D eigenvalue weighted by atomic mass is 32.2. The Labute approximate surface area is 53.5 Å². The molecule has 1 saturated heterocycles. The highest BCUT2D eigenvalue weighted by molar-refractivity contribution is 8.00. The zero-order chi connectivity index (χ0) is 5.98. The van der Waals surface area contributed by atoms with E-state index in [4.69, 9.17) is 10.8 Å². The summed E-state index contributed by atoms with van der Waals surface area (Å²) >= 11 is 1.78. The van der Waals surface area contributed by atoms with Gasteiger partial charge < -0.3 is 10.8 Å². The van der Waals surface area contributed by atoms with E-state index in [0.717, 1.165) is 12.2 Å². The van der Waals surface area contributed by atoms with E-state index in [1.165, 1.54) is 0 Å². The van der Waals surface area contributed by atoms with Gasteiger partial charge in [-0.3, -0.25) is 0 Å². The predicted molar refractivity (Wildman–Crippen MR) is 35.9 cm³/mol. The average molecular weight is 133 g/mol. The first-order valence-electron chi connectivity index (χ1n) is 2.81. The highest BCUT2D eigenvalue weighted by Crippen LogP contribution is 2.24. The Balaban J connectivity index is 2.22. The van der Waals surface area contributed by atoms with Crippen LogP contribution in [0.5, 0.6) is 0 Å². The smallest absolute Gasteiger partial charge is 0.0550 e. The van der Waals surface area contributed by atoms with E-state index in [9.17, 15) is 0 Å². The quantitative estimate of drug-likeness (QED) is 0.521. The topological polar surface area (TPSA) is 46.2 Å². The average Bonchev–Trinajstić information content (AvgIpc) is 2.14. The van der Waals surface area contributed by atoms with Crippen molar-refractivity contribution in [2.75, 3.05) is 12.4 Å². The van der Waals surface area contributed by atoms with E-state index in [1.807, 2.05) is 0 Å². The van der Waals surface area contributed by atoms with Crippen LogP contribution in [-0.4, -0.2) is 28.8 Å². The number of aliphatic hydroxyl groups excluding tert-OH is 1. The molecule has 1 aliphatic rings. The summed E-state index contributed by atoms with van der Waals surface area (Å²) in [5.41, 5.74) is 5.57. The molecule has 1 rings (SSSR count). The fourth-order valence-electron chi connectivity index (χ4n) is 0.861. The molecule has 2 atom stereocenters. The minimum absolute atomic E-state index is 0.290. The summed E-state index contributed by atoms with van der Waals surface area (Å²) in [5, 5.41) is 9.03. The van der Waals surface area contributed by atoms with Gasteiger partial charge in [-0.25, -0.2) is 0 Å². The van der Waals surface area contributed by atoms with Gasteiger partial charge in [0.15, 0.2) is 0 Å². The maximum absolute atomic E-state index is 8.61. The van der Waals surface area contributed by atoms with E-state index in [-0.39, 0.29) is 0 Å². The zero-order valence-electron chi connectivity index (χ0n) is 4.71. The molecule has 1 heterocycles. The molecule has 8 heavy (non-hydrogen) atoms. The monoisotopic (exact) mass is 133 g/mol. The molecular formula is C5H11NOS. The minimum Gasteiger partial charge on any atom is -0.395 e. The largest absolute Gasteiger partial charge is 0.395 e. The van der Waals surface area contributed by atoms with Crippen molar-refractivity contribution < 1.29 is 5.11 Å². The molecule has 3 N–H and O–H groups in total. The molecule has 1 fully saturated rings. The lowest BCUT2D eigenvalue weighted by atomic mass is 10.2. The summed E-state index contributed by atoms with van der Waals surface area (Å²) < 4.78 is 0. The molecule has 0 amide bonds. The van der Waals surface area contributed by atoms with Gasteiger partial charge in [0, 0.05) is 17.0 Å². The molecule has 0 aromatic carbocycles. The van der Waals surface area contributed by atoms with Crippen LogP contribution in [0.4, 0.5) is 0 Å². The minimum atomic E-state index is 0.290. The molecule has 0 spiro atoms. The third-order valence-corrected chi connectivity index (χ3v) is 2.75. The van der Waals surface area contributed by atoms with Crippen molar-refractivity contribution in [3.63, 3.8) is 0 Å². The second-order valence-corrected chi connectivity index (χ2v) is 3.47. The lowest BCUT2D eigenvalue weighted by molar-refractivity contribution is 0.290. The number of aliphatic hydroxyl groups is 1. The van der Waals surface area contributed by atoms with Gasteiger partial charge >= 0.3 is 0 Å². The SMILES string of the molecule is NC1CSC(CO)C1. The molecule has 0 aromatic rings. The molecule has 2 unspecified atom stereocenters. The number of hydrogen-bond acceptors (Lipinski definition) is 3. The van der Waals surface area contributed by atoms with Crippen LogP contribution in [-0.2, 0) is 0 Å². The fraction of sp³-hybridized carbons (Fsp3) is 1.00. The van der Waals surface area contributed by atoms with Crippen molar-refractivity contribution in [2.45, 2.75) is 17.7 Å². The van der Waals surface area contributed by atoms with E-state index in [2.05, 4.69) is 0 Å². The maximum atomic E-state index is 8.61. The number of rotatable bonds is 1. The van der Waals surface area contributed by atoms with Crippen LogP contribution in [0, 0.1) is 0 Å². The summed E-state index contributed by atoms with van der Waals surface area (Å²) in [4.78, 5) is 0.